The van der Waals surface area contributed by atoms with E-state index < -0.39 is 24.2 Å². The molecule has 1 N–H and O–H groups in total. The second-order valence-corrected chi connectivity index (χ2v) is 12.8. The van der Waals surface area contributed by atoms with Gasteiger partial charge in [0.05, 0.1) is 35.9 Å². The number of Topliss-reactive ketones (excluding diaryl/α,β-unsaturated/α-hetero) is 1. The smallest absolute Gasteiger partial charge is 0.256 e. The van der Waals surface area contributed by atoms with E-state index in [2.05, 4.69) is 20.0 Å². The minimum absolute atomic E-state index is 0.00955. The summed E-state index contributed by atoms with van der Waals surface area (Å²) in [6, 6.07) is -0.804. The predicted octanol–water partition coefficient (Wildman–Crippen LogP) is 1.15. The number of carbonyl (C=O) groups excluding carboxylic acids is 3. The highest BCUT2D eigenvalue weighted by Crippen LogP contribution is 2.47. The zero-order valence-electron chi connectivity index (χ0n) is 22.8. The van der Waals surface area contributed by atoms with Crippen LogP contribution in [0.5, 0.6) is 0 Å². The Balaban J connectivity index is 1.25. The molecule has 9 nitrogen and oxygen atoms in total. The maximum absolute atomic E-state index is 16.1. The summed E-state index contributed by atoms with van der Waals surface area (Å²) in [7, 11) is 0. The summed E-state index contributed by atoms with van der Waals surface area (Å²) in [5.41, 5.74) is 0.144. The van der Waals surface area contributed by atoms with Gasteiger partial charge >= 0.3 is 0 Å². The van der Waals surface area contributed by atoms with Crippen LogP contribution < -0.4 is 5.32 Å². The van der Waals surface area contributed by atoms with Crippen LogP contribution in [0.15, 0.2) is 11.8 Å². The number of ether oxygens (including phenoxy) is 1. The number of nitrogens with zero attached hydrogens (tertiary/aromatic N) is 4. The van der Waals surface area contributed by atoms with Crippen molar-refractivity contribution in [1.29, 1.82) is 0 Å². The molecule has 2 amide bonds. The number of hydrogen-bond acceptors (Lipinski definition) is 7. The molecule has 0 bridgehead atoms. The monoisotopic (exact) mass is 565 g/mol. The molecule has 2 saturated carbocycles. The van der Waals surface area contributed by atoms with Crippen LogP contribution in [0.4, 0.5) is 4.39 Å². The molecular weight excluding hydrogens is 525 g/mol. The number of amides is 2. The van der Waals surface area contributed by atoms with E-state index in [4.69, 9.17) is 16.3 Å². The van der Waals surface area contributed by atoms with E-state index in [-0.39, 0.29) is 53.2 Å². The van der Waals surface area contributed by atoms with Crippen molar-refractivity contribution in [3.05, 3.63) is 11.8 Å². The maximum Gasteiger partial charge on any atom is 0.256 e. The van der Waals surface area contributed by atoms with Crippen molar-refractivity contribution in [3.8, 4) is 0 Å². The van der Waals surface area contributed by atoms with Gasteiger partial charge in [0.25, 0.3) is 5.91 Å². The van der Waals surface area contributed by atoms with Gasteiger partial charge in [-0.2, -0.15) is 0 Å². The Morgan fingerprint density at radius 3 is 2.54 bits per heavy atom. The third kappa shape index (κ3) is 5.22. The largest absolute Gasteiger partial charge is 0.369 e. The first kappa shape index (κ1) is 27.4. The highest BCUT2D eigenvalue weighted by atomic mass is 35.5. The average molecular weight is 566 g/mol. The van der Waals surface area contributed by atoms with Gasteiger partial charge < -0.3 is 24.8 Å². The molecule has 5 fully saturated rings. The Morgan fingerprint density at radius 1 is 1.08 bits per heavy atom. The second-order valence-electron chi connectivity index (χ2n) is 12.2. The quantitative estimate of drug-likeness (QED) is 0.395. The van der Waals surface area contributed by atoms with Crippen LogP contribution in [0.25, 0.3) is 0 Å². The lowest BCUT2D eigenvalue weighted by molar-refractivity contribution is -0.212. The number of fused-ring (bicyclic) bond motifs is 2. The van der Waals surface area contributed by atoms with Crippen LogP contribution in [-0.2, 0) is 19.1 Å². The van der Waals surface area contributed by atoms with Gasteiger partial charge in [-0.25, -0.2) is 4.39 Å². The fourth-order valence-corrected chi connectivity index (χ4v) is 8.20. The van der Waals surface area contributed by atoms with Crippen LogP contribution in [0.1, 0.15) is 45.4 Å². The van der Waals surface area contributed by atoms with Gasteiger partial charge in [-0.1, -0.05) is 0 Å². The predicted molar refractivity (Wildman–Crippen MR) is 144 cm³/mol. The number of halogens is 2. The number of piperazine rings is 1. The molecule has 3 saturated heterocycles. The van der Waals surface area contributed by atoms with Gasteiger partial charge in [0.2, 0.25) is 5.91 Å². The molecule has 4 heterocycles. The molecule has 4 aliphatic heterocycles. The van der Waals surface area contributed by atoms with Gasteiger partial charge in [-0.05, 0) is 51.6 Å². The highest BCUT2D eigenvalue weighted by Gasteiger charge is 2.60. The molecule has 0 aromatic rings. The van der Waals surface area contributed by atoms with E-state index in [0.29, 0.717) is 39.1 Å². The van der Waals surface area contributed by atoms with Crippen LogP contribution in [0.3, 0.4) is 0 Å². The molecule has 0 spiro atoms. The second kappa shape index (κ2) is 11.3. The van der Waals surface area contributed by atoms with Crippen molar-refractivity contribution >= 4 is 29.2 Å². The minimum atomic E-state index is -1.27. The number of likely N-dealkylation sites (tertiary alicyclic amines) is 1. The van der Waals surface area contributed by atoms with Crippen LogP contribution in [0, 0.1) is 5.92 Å². The zero-order chi connectivity index (χ0) is 27.3. The molecule has 2 aliphatic carbocycles. The van der Waals surface area contributed by atoms with Crippen LogP contribution >= 0.6 is 11.6 Å². The van der Waals surface area contributed by atoms with Crippen LogP contribution in [0.2, 0.25) is 0 Å². The fourth-order valence-electron chi connectivity index (χ4n) is 7.90. The number of carbonyl (C=O) groups is 3. The number of alkyl halides is 2. The third-order valence-corrected chi connectivity index (χ3v) is 10.3. The number of ketones is 1. The van der Waals surface area contributed by atoms with E-state index in [1.807, 2.05) is 0 Å². The molecule has 216 valence electrons. The van der Waals surface area contributed by atoms with Gasteiger partial charge in [0.1, 0.15) is 6.17 Å². The molecule has 6 aliphatic rings. The third-order valence-electron chi connectivity index (χ3n) is 9.91. The summed E-state index contributed by atoms with van der Waals surface area (Å²) in [6.45, 7) is 7.17. The van der Waals surface area contributed by atoms with Gasteiger partial charge in [0, 0.05) is 63.7 Å². The first-order chi connectivity index (χ1) is 18.8. The molecule has 0 aromatic carbocycles. The van der Waals surface area contributed by atoms with Gasteiger partial charge in [-0.3, -0.25) is 19.3 Å². The van der Waals surface area contributed by atoms with E-state index in [1.54, 1.807) is 18.0 Å². The Hall–Kier alpha value is -1.75. The molecular formula is C28H41ClFN5O4. The molecule has 0 radical (unpaired) electrons. The van der Waals surface area contributed by atoms with Crippen LogP contribution in [-0.4, -0.2) is 131 Å². The topological polar surface area (TPSA) is 85.4 Å². The summed E-state index contributed by atoms with van der Waals surface area (Å²) in [4.78, 5) is 47.3. The van der Waals surface area contributed by atoms with Gasteiger partial charge in [-0.15, -0.1) is 11.6 Å². The van der Waals surface area contributed by atoms with Gasteiger partial charge in [0.15, 0.2) is 5.78 Å². The highest BCUT2D eigenvalue weighted by molar-refractivity contribution is 6.21. The number of nitrogens with one attached hydrogen (secondary N) is 1. The summed E-state index contributed by atoms with van der Waals surface area (Å²) in [5.74, 6) is -1.22. The molecule has 6 rings (SSSR count). The normalized spacial score (nSPS) is 39.2. The summed E-state index contributed by atoms with van der Waals surface area (Å²) in [6.07, 6.45) is 4.56. The zero-order valence-corrected chi connectivity index (χ0v) is 23.5. The first-order valence-corrected chi connectivity index (χ1v) is 15.2. The number of rotatable bonds is 5. The number of hydrogen-bond donors (Lipinski definition) is 1. The molecule has 11 heteroatoms. The summed E-state index contributed by atoms with van der Waals surface area (Å²) in [5, 5.41) is 2.95. The lowest BCUT2D eigenvalue weighted by atomic mass is 9.69. The van der Waals surface area contributed by atoms with Crippen molar-refractivity contribution in [2.75, 3.05) is 52.4 Å². The Labute approximate surface area is 235 Å². The fraction of sp³-hybridized carbons (Fsp3) is 0.821. The molecule has 8 unspecified atom stereocenters. The van der Waals surface area contributed by atoms with Crippen molar-refractivity contribution in [1.82, 2.24) is 24.9 Å². The Bertz CT molecular complexity index is 1000. The Morgan fingerprint density at radius 2 is 1.82 bits per heavy atom. The minimum Gasteiger partial charge on any atom is -0.369 e. The Kier molecular flexibility index (Phi) is 7.92. The van der Waals surface area contributed by atoms with E-state index in [9.17, 15) is 14.4 Å². The molecule has 0 aromatic heterocycles. The van der Waals surface area contributed by atoms with Crippen molar-refractivity contribution < 1.29 is 23.5 Å². The summed E-state index contributed by atoms with van der Waals surface area (Å²) >= 11 is 6.56. The number of morpholine rings is 1. The van der Waals surface area contributed by atoms with E-state index in [1.165, 1.54) is 12.8 Å². The van der Waals surface area contributed by atoms with Crippen molar-refractivity contribution in [2.45, 2.75) is 87.3 Å². The lowest BCUT2D eigenvalue weighted by Gasteiger charge is -2.61. The lowest BCUT2D eigenvalue weighted by Crippen LogP contribution is -2.74. The first-order valence-electron chi connectivity index (χ1n) is 14.8. The maximum atomic E-state index is 16.1. The van der Waals surface area contributed by atoms with E-state index >= 15 is 4.39 Å². The SMILES string of the molecule is CC(=O)N1CCN(C2C(F)CC3C(=O)C(C(=O)NCCN4CCCC4)=CN4C5CCC(Cl)CC5OC2C34)CC1. The molecule has 39 heavy (non-hydrogen) atoms. The standard InChI is InChI=1S/C28H41ClFN5O4/c1-17(36)33-10-12-34(13-11-33)25-21(30)15-19-24-27(25)39-23-14-18(29)4-5-22(23)35(24)16-20(26(19)37)28(38)31-6-9-32-7-2-3-8-32/h16,18-19,21-25,27H,2-15H2,1H3,(H,31,38). The van der Waals surface area contributed by atoms with Crippen molar-refractivity contribution in [2.24, 2.45) is 5.92 Å². The molecule has 8 atom stereocenters. The summed E-state index contributed by atoms with van der Waals surface area (Å²) < 4.78 is 22.8. The average Bonchev–Trinajstić information content (AvgIpc) is 3.43. The van der Waals surface area contributed by atoms with Crippen molar-refractivity contribution in [3.63, 3.8) is 0 Å². The van der Waals surface area contributed by atoms with E-state index in [0.717, 1.165) is 32.5 Å².